The van der Waals surface area contributed by atoms with Crippen LogP contribution in [0.1, 0.15) is 39.1 Å². The van der Waals surface area contributed by atoms with E-state index in [9.17, 15) is 23.1 Å². The minimum Gasteiger partial charge on any atom is -0.378 e. The highest BCUT2D eigenvalue weighted by atomic mass is 32.1. The third kappa shape index (κ3) is 5.31. The van der Waals surface area contributed by atoms with E-state index in [1.54, 1.807) is 37.4 Å². The van der Waals surface area contributed by atoms with Crippen LogP contribution in [0.25, 0.3) is 10.4 Å². The van der Waals surface area contributed by atoms with E-state index in [1.165, 1.54) is 23.5 Å². The normalized spacial score (nSPS) is 13.3. The second kappa shape index (κ2) is 9.08. The van der Waals surface area contributed by atoms with Crippen molar-refractivity contribution in [2.75, 3.05) is 5.32 Å². The lowest BCUT2D eigenvalue weighted by molar-refractivity contribution is -0.141. The molecule has 0 saturated carbocycles. The molecule has 0 aliphatic heterocycles. The van der Waals surface area contributed by atoms with Gasteiger partial charge in [-0.05, 0) is 60.9 Å². The molecule has 7 nitrogen and oxygen atoms in total. The van der Waals surface area contributed by atoms with E-state index in [0.717, 1.165) is 28.3 Å². The van der Waals surface area contributed by atoms with Crippen LogP contribution in [0.2, 0.25) is 0 Å². The van der Waals surface area contributed by atoms with Crippen molar-refractivity contribution in [2.24, 2.45) is 5.73 Å². The van der Waals surface area contributed by atoms with Crippen molar-refractivity contribution in [3.8, 4) is 10.4 Å². The summed E-state index contributed by atoms with van der Waals surface area (Å²) in [7, 11) is 0. The smallest absolute Gasteiger partial charge is 0.378 e. The number of amides is 1. The van der Waals surface area contributed by atoms with Crippen LogP contribution in [0.3, 0.4) is 0 Å². The largest absolute Gasteiger partial charge is 0.433 e. The van der Waals surface area contributed by atoms with Gasteiger partial charge in [-0.1, -0.05) is 18.2 Å². The molecule has 2 aromatic heterocycles. The van der Waals surface area contributed by atoms with Gasteiger partial charge in [0.2, 0.25) is 11.9 Å². The Labute approximate surface area is 202 Å². The Kier molecular flexibility index (Phi) is 6.30. The lowest BCUT2D eigenvalue weighted by atomic mass is 9.95. The quantitative estimate of drug-likeness (QED) is 0.343. The zero-order chi connectivity index (χ0) is 25.4. The van der Waals surface area contributed by atoms with Crippen molar-refractivity contribution in [3.05, 3.63) is 88.3 Å². The highest BCUT2D eigenvalue weighted by Crippen LogP contribution is 2.37. The second-order valence-electron chi connectivity index (χ2n) is 8.02. The fourth-order valence-electron chi connectivity index (χ4n) is 3.42. The highest BCUT2D eigenvalue weighted by molar-refractivity contribution is 7.15. The molecule has 4 aromatic rings. The molecule has 35 heavy (non-hydrogen) atoms. The summed E-state index contributed by atoms with van der Waals surface area (Å²) in [6.07, 6.45) is -1.92. The summed E-state index contributed by atoms with van der Waals surface area (Å²) in [4.78, 5) is 23.9. The molecule has 1 atom stereocenters. The van der Waals surface area contributed by atoms with Crippen molar-refractivity contribution in [3.63, 3.8) is 0 Å². The number of rotatable bonds is 6. The van der Waals surface area contributed by atoms with Gasteiger partial charge in [0, 0.05) is 23.6 Å². The van der Waals surface area contributed by atoms with Crippen molar-refractivity contribution in [2.45, 2.75) is 25.6 Å². The number of nitrogens with one attached hydrogen (secondary N) is 1. The van der Waals surface area contributed by atoms with Crippen LogP contribution >= 0.6 is 11.3 Å². The first kappa shape index (κ1) is 24.3. The number of aromatic nitrogens is 3. The average molecular weight is 500 g/mol. The molecule has 4 rings (SSSR count). The van der Waals surface area contributed by atoms with Gasteiger partial charge in [0.25, 0.3) is 0 Å². The van der Waals surface area contributed by atoms with E-state index in [2.05, 4.69) is 20.3 Å². The highest BCUT2D eigenvalue weighted by Gasteiger charge is 2.33. The third-order valence-corrected chi connectivity index (χ3v) is 6.47. The zero-order valence-corrected chi connectivity index (χ0v) is 19.4. The van der Waals surface area contributed by atoms with Gasteiger partial charge in [-0.3, -0.25) is 4.79 Å². The van der Waals surface area contributed by atoms with Gasteiger partial charge in [-0.2, -0.15) is 13.2 Å². The molecule has 4 N–H and O–H groups in total. The van der Waals surface area contributed by atoms with Gasteiger partial charge in [-0.15, -0.1) is 11.3 Å². The van der Waals surface area contributed by atoms with E-state index in [0.29, 0.717) is 21.8 Å². The fourth-order valence-corrected chi connectivity index (χ4v) is 4.39. The summed E-state index contributed by atoms with van der Waals surface area (Å²) >= 11 is 1.27. The number of benzene rings is 2. The molecule has 0 saturated heterocycles. The van der Waals surface area contributed by atoms with Gasteiger partial charge in [0.1, 0.15) is 16.3 Å². The number of hydrogen-bond acceptors (Lipinski definition) is 7. The SMILES string of the molecule is Cc1cc(Nc2nccc(C(F)(F)F)n2)cc(-c2cnc(C(C)(O)c3ccc(C(N)=O)cc3)s2)c1. The summed E-state index contributed by atoms with van der Waals surface area (Å²) in [6, 6.07) is 12.5. The number of carbonyl (C=O) groups is 1. The van der Waals surface area contributed by atoms with Crippen LogP contribution < -0.4 is 11.1 Å². The van der Waals surface area contributed by atoms with Crippen LogP contribution in [0, 0.1) is 6.92 Å². The van der Waals surface area contributed by atoms with Crippen molar-refractivity contribution < 1.29 is 23.1 Å². The van der Waals surface area contributed by atoms with Crippen LogP contribution in [0.5, 0.6) is 0 Å². The Morgan fingerprint density at radius 1 is 1.09 bits per heavy atom. The summed E-state index contributed by atoms with van der Waals surface area (Å²) in [5.41, 5.74) is 5.78. The van der Waals surface area contributed by atoms with Crippen LogP contribution in [0.15, 0.2) is 60.9 Å². The number of anilines is 2. The first-order chi connectivity index (χ1) is 16.4. The zero-order valence-electron chi connectivity index (χ0n) is 18.6. The first-order valence-corrected chi connectivity index (χ1v) is 11.1. The molecule has 0 aliphatic rings. The Hall–Kier alpha value is -3.83. The molecule has 2 heterocycles. The van der Waals surface area contributed by atoms with Gasteiger partial charge < -0.3 is 16.2 Å². The van der Waals surface area contributed by atoms with E-state index in [4.69, 9.17) is 5.73 Å². The lowest BCUT2D eigenvalue weighted by Crippen LogP contribution is -2.22. The predicted molar refractivity (Wildman–Crippen MR) is 126 cm³/mol. The van der Waals surface area contributed by atoms with E-state index < -0.39 is 23.4 Å². The number of alkyl halides is 3. The van der Waals surface area contributed by atoms with Gasteiger partial charge in [-0.25, -0.2) is 15.0 Å². The molecule has 0 spiro atoms. The van der Waals surface area contributed by atoms with Gasteiger partial charge in [0.05, 0.1) is 4.88 Å². The number of nitrogens with two attached hydrogens (primary N) is 1. The van der Waals surface area contributed by atoms with E-state index in [1.807, 2.05) is 13.0 Å². The Morgan fingerprint density at radius 2 is 1.80 bits per heavy atom. The Balaban J connectivity index is 1.61. The van der Waals surface area contributed by atoms with Gasteiger partial charge in [0.15, 0.2) is 0 Å². The Morgan fingerprint density at radius 3 is 2.46 bits per heavy atom. The molecule has 0 aliphatic carbocycles. The van der Waals surface area contributed by atoms with Crippen LogP contribution in [0.4, 0.5) is 24.8 Å². The summed E-state index contributed by atoms with van der Waals surface area (Å²) in [5.74, 6) is -0.740. The molecule has 0 bridgehead atoms. The van der Waals surface area contributed by atoms with Crippen LogP contribution in [-0.4, -0.2) is 26.0 Å². The second-order valence-corrected chi connectivity index (χ2v) is 9.05. The summed E-state index contributed by atoms with van der Waals surface area (Å²) < 4.78 is 38.9. The number of carbonyl (C=O) groups excluding carboxylic acids is 1. The Bertz CT molecular complexity index is 1380. The monoisotopic (exact) mass is 499 g/mol. The van der Waals surface area contributed by atoms with Crippen molar-refractivity contribution >= 4 is 28.9 Å². The molecular weight excluding hydrogens is 479 g/mol. The standard InChI is InChI=1S/C24H20F3N5O2S/c1-13-9-15(11-17(10-13)31-22-29-8-7-19(32-22)24(25,26)27)18-12-30-21(35-18)23(2,34)16-5-3-14(4-6-16)20(28)33/h3-12,34H,1-2H3,(H2,28,33)(H,29,31,32). The minimum absolute atomic E-state index is 0.177. The molecule has 180 valence electrons. The average Bonchev–Trinajstić information content (AvgIpc) is 3.30. The molecule has 1 unspecified atom stereocenters. The number of nitrogens with zero attached hydrogens (tertiary/aromatic N) is 3. The third-order valence-electron chi connectivity index (χ3n) is 5.22. The summed E-state index contributed by atoms with van der Waals surface area (Å²) in [5, 5.41) is 14.4. The maximum absolute atomic E-state index is 13.0. The molecule has 11 heteroatoms. The first-order valence-electron chi connectivity index (χ1n) is 10.3. The minimum atomic E-state index is -4.58. The number of hydrogen-bond donors (Lipinski definition) is 3. The summed E-state index contributed by atoms with van der Waals surface area (Å²) in [6.45, 7) is 3.45. The van der Waals surface area contributed by atoms with E-state index >= 15 is 0 Å². The number of thiazole rings is 1. The number of aryl methyl sites for hydroxylation is 1. The molecular formula is C24H20F3N5O2S. The topological polar surface area (TPSA) is 114 Å². The number of halogens is 3. The molecule has 0 radical (unpaired) electrons. The fraction of sp³-hybridized carbons (Fsp3) is 0.167. The number of primary amides is 1. The van der Waals surface area contributed by atoms with Crippen LogP contribution in [-0.2, 0) is 11.8 Å². The lowest BCUT2D eigenvalue weighted by Gasteiger charge is -2.21. The van der Waals surface area contributed by atoms with Crippen molar-refractivity contribution in [1.82, 2.24) is 15.0 Å². The number of aliphatic hydroxyl groups is 1. The van der Waals surface area contributed by atoms with Gasteiger partial charge >= 0.3 is 6.18 Å². The van der Waals surface area contributed by atoms with Crippen molar-refractivity contribution in [1.29, 1.82) is 0 Å². The molecule has 2 aromatic carbocycles. The predicted octanol–water partition coefficient (Wildman–Crippen LogP) is 5.03. The maximum atomic E-state index is 13.0. The van der Waals surface area contributed by atoms with E-state index in [-0.39, 0.29) is 5.95 Å². The maximum Gasteiger partial charge on any atom is 0.433 e. The molecule has 0 fully saturated rings. The molecule has 1 amide bonds.